The Kier molecular flexibility index (Phi) is 1.61. The van der Waals surface area contributed by atoms with E-state index >= 15 is 0 Å². The van der Waals surface area contributed by atoms with Gasteiger partial charge < -0.3 is 0 Å². The SMILES string of the molecule is CC(C)C(=O)[C@H]1CC1(C)C. The predicted molar refractivity (Wildman–Crippen MR) is 41.7 cm³/mol. The van der Waals surface area contributed by atoms with Crippen LogP contribution in [0.25, 0.3) is 0 Å². The van der Waals surface area contributed by atoms with Crippen LogP contribution in [-0.2, 0) is 4.79 Å². The standard InChI is InChI=1S/C9H16O/c1-6(2)8(10)7-5-9(7,3)4/h6-7H,5H2,1-4H3/t7-/m1/s1. The van der Waals surface area contributed by atoms with Gasteiger partial charge in [-0.3, -0.25) is 4.79 Å². The first-order valence-corrected chi connectivity index (χ1v) is 3.99. The molecule has 0 unspecified atom stereocenters. The first kappa shape index (κ1) is 7.77. The van der Waals surface area contributed by atoms with Crippen molar-refractivity contribution >= 4 is 5.78 Å². The van der Waals surface area contributed by atoms with Gasteiger partial charge in [0, 0.05) is 11.8 Å². The smallest absolute Gasteiger partial charge is 0.139 e. The van der Waals surface area contributed by atoms with Crippen molar-refractivity contribution in [3.8, 4) is 0 Å². The predicted octanol–water partition coefficient (Wildman–Crippen LogP) is 2.26. The van der Waals surface area contributed by atoms with Gasteiger partial charge in [0.1, 0.15) is 5.78 Å². The van der Waals surface area contributed by atoms with Crippen molar-refractivity contribution in [3.05, 3.63) is 0 Å². The molecule has 0 aromatic carbocycles. The van der Waals surface area contributed by atoms with E-state index < -0.39 is 0 Å². The molecule has 1 saturated carbocycles. The first-order chi connectivity index (χ1) is 4.45. The van der Waals surface area contributed by atoms with Crippen molar-refractivity contribution in [1.82, 2.24) is 0 Å². The average Bonchev–Trinajstić information content (AvgIpc) is 2.38. The van der Waals surface area contributed by atoms with Crippen molar-refractivity contribution in [1.29, 1.82) is 0 Å². The summed E-state index contributed by atoms with van der Waals surface area (Å²) in [6, 6.07) is 0. The molecule has 58 valence electrons. The van der Waals surface area contributed by atoms with Gasteiger partial charge in [0.2, 0.25) is 0 Å². The van der Waals surface area contributed by atoms with Gasteiger partial charge in [0.25, 0.3) is 0 Å². The summed E-state index contributed by atoms with van der Waals surface area (Å²) >= 11 is 0. The van der Waals surface area contributed by atoms with Crippen LogP contribution in [0, 0.1) is 17.3 Å². The Morgan fingerprint density at radius 1 is 1.50 bits per heavy atom. The number of hydrogen-bond acceptors (Lipinski definition) is 1. The van der Waals surface area contributed by atoms with Gasteiger partial charge >= 0.3 is 0 Å². The Morgan fingerprint density at radius 2 is 1.90 bits per heavy atom. The highest BCUT2D eigenvalue weighted by atomic mass is 16.1. The van der Waals surface area contributed by atoms with Crippen LogP contribution in [0.4, 0.5) is 0 Å². The van der Waals surface area contributed by atoms with Crippen molar-refractivity contribution in [2.75, 3.05) is 0 Å². The molecular weight excluding hydrogens is 124 g/mol. The lowest BCUT2D eigenvalue weighted by atomic mass is 9.99. The molecule has 0 amide bonds. The largest absolute Gasteiger partial charge is 0.299 e. The van der Waals surface area contributed by atoms with Crippen molar-refractivity contribution in [2.45, 2.75) is 34.1 Å². The molecule has 1 rings (SSSR count). The molecule has 0 aromatic rings. The maximum atomic E-state index is 11.3. The number of carbonyl (C=O) groups excluding carboxylic acids is 1. The minimum Gasteiger partial charge on any atom is -0.299 e. The molecule has 1 nitrogen and oxygen atoms in total. The third-order valence-electron chi connectivity index (χ3n) is 2.43. The second-order valence-corrected chi connectivity index (χ2v) is 4.30. The van der Waals surface area contributed by atoms with E-state index in [0.29, 0.717) is 17.1 Å². The van der Waals surface area contributed by atoms with Gasteiger partial charge in [-0.2, -0.15) is 0 Å². The second-order valence-electron chi connectivity index (χ2n) is 4.30. The molecule has 1 aliphatic rings. The topological polar surface area (TPSA) is 17.1 Å². The summed E-state index contributed by atoms with van der Waals surface area (Å²) in [5.41, 5.74) is 0.321. The summed E-state index contributed by atoms with van der Waals surface area (Å²) < 4.78 is 0. The summed E-state index contributed by atoms with van der Waals surface area (Å²) in [6.45, 7) is 8.30. The molecule has 0 heterocycles. The Labute approximate surface area is 62.8 Å². The number of hydrogen-bond donors (Lipinski definition) is 0. The van der Waals surface area contributed by atoms with E-state index in [1.807, 2.05) is 13.8 Å². The van der Waals surface area contributed by atoms with E-state index in [1.165, 1.54) is 0 Å². The summed E-state index contributed by atoms with van der Waals surface area (Å²) in [6.07, 6.45) is 1.10. The monoisotopic (exact) mass is 140 g/mol. The zero-order chi connectivity index (χ0) is 7.94. The molecule has 1 aliphatic carbocycles. The maximum absolute atomic E-state index is 11.3. The average molecular weight is 140 g/mol. The van der Waals surface area contributed by atoms with Crippen molar-refractivity contribution < 1.29 is 4.79 Å². The highest BCUT2D eigenvalue weighted by molar-refractivity contribution is 5.86. The van der Waals surface area contributed by atoms with Crippen LogP contribution in [-0.4, -0.2) is 5.78 Å². The van der Waals surface area contributed by atoms with Crippen LogP contribution in [0.15, 0.2) is 0 Å². The van der Waals surface area contributed by atoms with E-state index in [0.717, 1.165) is 6.42 Å². The molecule has 1 atom stereocenters. The quantitative estimate of drug-likeness (QED) is 0.575. The van der Waals surface area contributed by atoms with Crippen LogP contribution >= 0.6 is 0 Å². The lowest BCUT2D eigenvalue weighted by Crippen LogP contribution is -2.12. The summed E-state index contributed by atoms with van der Waals surface area (Å²) in [7, 11) is 0. The van der Waals surface area contributed by atoms with Gasteiger partial charge in [-0.25, -0.2) is 0 Å². The second kappa shape index (κ2) is 2.08. The summed E-state index contributed by atoms with van der Waals surface area (Å²) in [5.74, 6) is 1.05. The third kappa shape index (κ3) is 1.23. The minimum absolute atomic E-state index is 0.228. The van der Waals surface area contributed by atoms with Gasteiger partial charge in [0.15, 0.2) is 0 Å². The fourth-order valence-electron chi connectivity index (χ4n) is 1.36. The van der Waals surface area contributed by atoms with Crippen molar-refractivity contribution in [2.24, 2.45) is 17.3 Å². The molecular formula is C9H16O. The van der Waals surface area contributed by atoms with Gasteiger partial charge in [-0.15, -0.1) is 0 Å². The van der Waals surface area contributed by atoms with Crippen LogP contribution in [0.2, 0.25) is 0 Å². The summed E-state index contributed by atoms with van der Waals surface area (Å²) in [5, 5.41) is 0. The van der Waals surface area contributed by atoms with E-state index in [2.05, 4.69) is 13.8 Å². The third-order valence-corrected chi connectivity index (χ3v) is 2.43. The number of rotatable bonds is 2. The highest BCUT2D eigenvalue weighted by Gasteiger charge is 2.50. The molecule has 1 fully saturated rings. The lowest BCUT2D eigenvalue weighted by Gasteiger charge is -2.04. The van der Waals surface area contributed by atoms with Crippen LogP contribution in [0.3, 0.4) is 0 Å². The van der Waals surface area contributed by atoms with Gasteiger partial charge in [0.05, 0.1) is 0 Å². The number of ketones is 1. The number of Topliss-reactive ketones (excluding diaryl/α,β-unsaturated/α-hetero) is 1. The molecule has 0 aromatic heterocycles. The van der Waals surface area contributed by atoms with E-state index in [-0.39, 0.29) is 5.92 Å². The van der Waals surface area contributed by atoms with E-state index in [1.54, 1.807) is 0 Å². The fraction of sp³-hybridized carbons (Fsp3) is 0.889. The lowest BCUT2D eigenvalue weighted by molar-refractivity contribution is -0.123. The molecule has 0 spiro atoms. The zero-order valence-corrected chi connectivity index (χ0v) is 7.27. The Hall–Kier alpha value is -0.330. The summed E-state index contributed by atoms with van der Waals surface area (Å²) in [4.78, 5) is 11.3. The first-order valence-electron chi connectivity index (χ1n) is 3.99. The number of carbonyl (C=O) groups is 1. The van der Waals surface area contributed by atoms with E-state index in [4.69, 9.17) is 0 Å². The van der Waals surface area contributed by atoms with E-state index in [9.17, 15) is 4.79 Å². The van der Waals surface area contributed by atoms with Crippen LogP contribution in [0.5, 0.6) is 0 Å². The molecule has 0 radical (unpaired) electrons. The Bertz CT molecular complexity index is 156. The Balaban J connectivity index is 2.48. The van der Waals surface area contributed by atoms with Gasteiger partial charge in [-0.05, 0) is 11.8 Å². The van der Waals surface area contributed by atoms with Crippen LogP contribution < -0.4 is 0 Å². The molecule has 1 heteroatoms. The highest BCUT2D eigenvalue weighted by Crippen LogP contribution is 2.52. The van der Waals surface area contributed by atoms with Crippen molar-refractivity contribution in [3.63, 3.8) is 0 Å². The molecule has 10 heavy (non-hydrogen) atoms. The van der Waals surface area contributed by atoms with Crippen LogP contribution in [0.1, 0.15) is 34.1 Å². The zero-order valence-electron chi connectivity index (χ0n) is 7.27. The maximum Gasteiger partial charge on any atom is 0.139 e. The molecule has 0 aliphatic heterocycles. The fourth-order valence-corrected chi connectivity index (χ4v) is 1.36. The molecule has 0 bridgehead atoms. The normalized spacial score (nSPS) is 28.7. The van der Waals surface area contributed by atoms with Gasteiger partial charge in [-0.1, -0.05) is 27.7 Å². The minimum atomic E-state index is 0.228. The molecule has 0 N–H and O–H groups in total. The Morgan fingerprint density at radius 3 is 2.00 bits per heavy atom. The molecule has 0 saturated heterocycles.